The number of hydrogen-bond donors (Lipinski definition) is 0. The van der Waals surface area contributed by atoms with Gasteiger partial charge in [-0.05, 0) is 61.6 Å². The summed E-state index contributed by atoms with van der Waals surface area (Å²) < 4.78 is 56.0. The van der Waals surface area contributed by atoms with Crippen LogP contribution in [-0.2, 0) is 0 Å². The first-order valence-electron chi connectivity index (χ1n) is 7.24. The van der Waals surface area contributed by atoms with Crippen LogP contribution >= 0.6 is 15.9 Å². The summed E-state index contributed by atoms with van der Waals surface area (Å²) in [5.74, 6) is -1.92. The lowest BCUT2D eigenvalue weighted by Crippen LogP contribution is -2.14. The fourth-order valence-corrected chi connectivity index (χ4v) is 3.62. The summed E-state index contributed by atoms with van der Waals surface area (Å²) in [6.07, 6.45) is 2.84. The van der Waals surface area contributed by atoms with Crippen LogP contribution in [0.3, 0.4) is 0 Å². The van der Waals surface area contributed by atoms with Gasteiger partial charge in [-0.3, -0.25) is 0 Å². The highest BCUT2D eigenvalue weighted by Gasteiger charge is 2.24. The van der Waals surface area contributed by atoms with Crippen molar-refractivity contribution in [1.82, 2.24) is 0 Å². The van der Waals surface area contributed by atoms with Gasteiger partial charge < -0.3 is 4.74 Å². The zero-order valence-corrected chi connectivity index (χ0v) is 13.5. The van der Waals surface area contributed by atoms with Crippen molar-refractivity contribution in [3.8, 4) is 5.75 Å². The van der Waals surface area contributed by atoms with Crippen molar-refractivity contribution in [2.24, 2.45) is 5.92 Å². The van der Waals surface area contributed by atoms with E-state index in [2.05, 4.69) is 20.7 Å². The molecule has 0 bridgehead atoms. The molecule has 1 aromatic rings. The first-order chi connectivity index (χ1) is 10.5. The van der Waals surface area contributed by atoms with Crippen molar-refractivity contribution in [2.45, 2.75) is 38.0 Å². The molecule has 6 heteroatoms. The highest BCUT2D eigenvalue weighted by molar-refractivity contribution is 9.09. The minimum atomic E-state index is -2.15. The second-order valence-corrected chi connectivity index (χ2v) is 6.33. The van der Waals surface area contributed by atoms with Gasteiger partial charge >= 0.3 is 6.08 Å². The Labute approximate surface area is 135 Å². The third-order valence-corrected chi connectivity index (χ3v) is 4.58. The Kier molecular flexibility index (Phi) is 6.29. The largest absolute Gasteiger partial charge is 0.453 e. The molecule has 0 atom stereocenters. The summed E-state index contributed by atoms with van der Waals surface area (Å²) in [5, 5.41) is 0.969. The van der Waals surface area contributed by atoms with Crippen LogP contribution in [0, 0.1) is 17.6 Å². The molecule has 122 valence electrons. The van der Waals surface area contributed by atoms with E-state index in [1.54, 1.807) is 0 Å². The van der Waals surface area contributed by atoms with Crippen molar-refractivity contribution in [3.05, 3.63) is 41.7 Å². The molecule has 0 spiro atoms. The molecular formula is C16H17BrF4O. The lowest BCUT2D eigenvalue weighted by molar-refractivity contribution is 0.318. The summed E-state index contributed by atoms with van der Waals surface area (Å²) in [6.45, 7) is 0. The molecule has 0 heterocycles. The first kappa shape index (κ1) is 17.3. The standard InChI is InChI=1S/C16H17BrF4O/c17-6-5-10-1-3-11(4-2-10)12-7-13(18)16(14(19)8-12)22-9-15(20)21/h7-11H,1-6H2/t10-,11-. The summed E-state index contributed by atoms with van der Waals surface area (Å²) in [6, 6.07) is 2.38. The Morgan fingerprint density at radius 1 is 1.14 bits per heavy atom. The number of alkyl halides is 1. The number of ether oxygens (including phenoxy) is 1. The fourth-order valence-electron chi connectivity index (χ4n) is 2.97. The van der Waals surface area contributed by atoms with Gasteiger partial charge in [0.1, 0.15) is 0 Å². The molecule has 1 aliphatic carbocycles. The lowest BCUT2D eigenvalue weighted by Gasteiger charge is -2.28. The average Bonchev–Trinajstić information content (AvgIpc) is 2.47. The topological polar surface area (TPSA) is 9.23 Å². The maximum absolute atomic E-state index is 13.9. The van der Waals surface area contributed by atoms with E-state index < -0.39 is 23.5 Å². The van der Waals surface area contributed by atoms with E-state index in [1.165, 1.54) is 12.1 Å². The Morgan fingerprint density at radius 3 is 2.23 bits per heavy atom. The number of hydrogen-bond acceptors (Lipinski definition) is 1. The Balaban J connectivity index is 2.09. The summed E-state index contributed by atoms with van der Waals surface area (Å²) >= 11 is 3.43. The minimum absolute atomic E-state index is 0.0344. The first-order valence-corrected chi connectivity index (χ1v) is 8.36. The second kappa shape index (κ2) is 7.99. The number of halogens is 5. The molecular weight excluding hydrogens is 364 g/mol. The molecule has 1 aliphatic rings. The molecule has 0 N–H and O–H groups in total. The van der Waals surface area contributed by atoms with Crippen LogP contribution in [0.1, 0.15) is 43.6 Å². The second-order valence-electron chi connectivity index (χ2n) is 5.53. The van der Waals surface area contributed by atoms with Crippen LogP contribution in [0.15, 0.2) is 24.5 Å². The third-order valence-electron chi connectivity index (χ3n) is 4.12. The van der Waals surface area contributed by atoms with Gasteiger partial charge in [0.25, 0.3) is 0 Å². The number of benzene rings is 1. The van der Waals surface area contributed by atoms with Gasteiger partial charge in [-0.1, -0.05) is 15.9 Å². The highest BCUT2D eigenvalue weighted by atomic mass is 79.9. The van der Waals surface area contributed by atoms with Gasteiger partial charge in [0.15, 0.2) is 23.6 Å². The molecule has 0 aliphatic heterocycles. The zero-order chi connectivity index (χ0) is 16.1. The van der Waals surface area contributed by atoms with Crippen LogP contribution in [0.2, 0.25) is 0 Å². The molecule has 0 amide bonds. The van der Waals surface area contributed by atoms with Crippen LogP contribution < -0.4 is 4.74 Å². The van der Waals surface area contributed by atoms with Crippen molar-refractivity contribution >= 4 is 15.9 Å². The van der Waals surface area contributed by atoms with Gasteiger partial charge in [-0.25, -0.2) is 8.78 Å². The fraction of sp³-hybridized carbons (Fsp3) is 0.500. The van der Waals surface area contributed by atoms with E-state index in [-0.39, 0.29) is 12.2 Å². The van der Waals surface area contributed by atoms with Gasteiger partial charge in [-0.15, -0.1) is 0 Å². The predicted octanol–water partition coefficient (Wildman–Crippen LogP) is 6.14. The third kappa shape index (κ3) is 4.48. The van der Waals surface area contributed by atoms with E-state index in [0.29, 0.717) is 11.5 Å². The zero-order valence-electron chi connectivity index (χ0n) is 11.9. The predicted molar refractivity (Wildman–Crippen MR) is 80.4 cm³/mol. The van der Waals surface area contributed by atoms with Gasteiger partial charge in [0.2, 0.25) is 0 Å². The molecule has 0 aromatic heterocycles. The SMILES string of the molecule is FC(F)=COc1c(F)cc([C@H]2CC[C@H](CCBr)CC2)cc1F. The van der Waals surface area contributed by atoms with Crippen LogP contribution in [0.25, 0.3) is 0 Å². The van der Waals surface area contributed by atoms with E-state index in [4.69, 9.17) is 0 Å². The Bertz CT molecular complexity index is 512. The normalized spacial score (nSPS) is 21.5. The molecule has 0 saturated heterocycles. The van der Waals surface area contributed by atoms with Crippen LogP contribution in [-0.4, -0.2) is 5.33 Å². The average molecular weight is 381 g/mol. The summed E-state index contributed by atoms with van der Waals surface area (Å²) in [7, 11) is 0. The summed E-state index contributed by atoms with van der Waals surface area (Å²) in [4.78, 5) is 0. The van der Waals surface area contributed by atoms with Crippen molar-refractivity contribution in [3.63, 3.8) is 0 Å². The van der Waals surface area contributed by atoms with Crippen LogP contribution in [0.5, 0.6) is 5.75 Å². The molecule has 1 saturated carbocycles. The smallest absolute Gasteiger partial charge is 0.305 e. The van der Waals surface area contributed by atoms with Crippen molar-refractivity contribution < 1.29 is 22.3 Å². The molecule has 0 radical (unpaired) electrons. The highest BCUT2D eigenvalue weighted by Crippen LogP contribution is 2.39. The van der Waals surface area contributed by atoms with E-state index in [1.807, 2.05) is 0 Å². The Hall–Kier alpha value is -1.04. The molecule has 0 unspecified atom stereocenters. The molecule has 1 fully saturated rings. The molecule has 1 aromatic carbocycles. The maximum Gasteiger partial charge on any atom is 0.305 e. The Morgan fingerprint density at radius 2 is 1.73 bits per heavy atom. The maximum atomic E-state index is 13.9. The summed E-state index contributed by atoms with van der Waals surface area (Å²) in [5.41, 5.74) is 0.573. The van der Waals surface area contributed by atoms with Gasteiger partial charge in [0.05, 0.1) is 0 Å². The van der Waals surface area contributed by atoms with E-state index in [0.717, 1.165) is 37.4 Å². The quantitative estimate of drug-likeness (QED) is 0.338. The van der Waals surface area contributed by atoms with E-state index in [9.17, 15) is 17.6 Å². The van der Waals surface area contributed by atoms with Gasteiger partial charge in [-0.2, -0.15) is 8.78 Å². The molecule has 22 heavy (non-hydrogen) atoms. The lowest BCUT2D eigenvalue weighted by atomic mass is 9.78. The van der Waals surface area contributed by atoms with Crippen LogP contribution in [0.4, 0.5) is 17.6 Å². The van der Waals surface area contributed by atoms with Crippen molar-refractivity contribution in [2.75, 3.05) is 5.33 Å². The van der Waals surface area contributed by atoms with E-state index >= 15 is 0 Å². The minimum Gasteiger partial charge on any atom is -0.453 e. The monoisotopic (exact) mass is 380 g/mol. The van der Waals surface area contributed by atoms with Crippen molar-refractivity contribution in [1.29, 1.82) is 0 Å². The van der Waals surface area contributed by atoms with Gasteiger partial charge in [0, 0.05) is 5.33 Å². The molecule has 2 rings (SSSR count). The molecule has 1 nitrogen and oxygen atoms in total. The number of rotatable bonds is 5.